The lowest BCUT2D eigenvalue weighted by Crippen LogP contribution is -2.65. The SMILES string of the molecule is C[C@@H]1[C@H]2C3=CC[C@H]4[C@]5(C)Cc6c(N7CCCC7)ncnc6C(C)(C)[C@H]5CC[C@]4(C)[C@]3(C)CC[C@@]2(C(=O)OCc2ccccc2)CC[C@@H]1C. The molecule has 6 aliphatic rings. The van der Waals surface area contributed by atoms with Crippen LogP contribution in [0.5, 0.6) is 0 Å². The number of allylic oxidation sites excluding steroid dienone is 2. The van der Waals surface area contributed by atoms with Crippen LogP contribution in [0.4, 0.5) is 5.82 Å². The monoisotopic (exact) mass is 649 g/mol. The number of esters is 1. The second-order valence-electron chi connectivity index (χ2n) is 18.5. The van der Waals surface area contributed by atoms with Gasteiger partial charge in [-0.05, 0) is 116 Å². The van der Waals surface area contributed by atoms with Crippen molar-refractivity contribution in [3.8, 4) is 0 Å². The molecule has 2 aromatic rings. The molecule has 0 spiro atoms. The minimum Gasteiger partial charge on any atom is -0.460 e. The van der Waals surface area contributed by atoms with Gasteiger partial charge in [0.05, 0.1) is 11.1 Å². The van der Waals surface area contributed by atoms with E-state index in [4.69, 9.17) is 14.7 Å². The summed E-state index contributed by atoms with van der Waals surface area (Å²) >= 11 is 0. The molecule has 48 heavy (non-hydrogen) atoms. The number of hydrogen-bond donors (Lipinski definition) is 0. The highest BCUT2D eigenvalue weighted by Gasteiger charge is 2.69. The molecule has 1 aliphatic heterocycles. The van der Waals surface area contributed by atoms with Crippen LogP contribution in [-0.2, 0) is 28.0 Å². The van der Waals surface area contributed by atoms with E-state index < -0.39 is 5.41 Å². The van der Waals surface area contributed by atoms with Gasteiger partial charge in [-0.1, -0.05) is 90.4 Å². The Hall–Kier alpha value is -2.69. The van der Waals surface area contributed by atoms with E-state index in [-0.39, 0.29) is 33.5 Å². The molecular weight excluding hydrogens is 590 g/mol. The summed E-state index contributed by atoms with van der Waals surface area (Å²) < 4.78 is 6.27. The average Bonchev–Trinajstić information content (AvgIpc) is 3.61. The average molecular weight is 650 g/mol. The topological polar surface area (TPSA) is 55.3 Å². The van der Waals surface area contributed by atoms with Crippen molar-refractivity contribution in [1.82, 2.24) is 9.97 Å². The molecule has 1 aromatic carbocycles. The van der Waals surface area contributed by atoms with Crippen molar-refractivity contribution in [2.24, 2.45) is 51.2 Å². The van der Waals surface area contributed by atoms with Crippen molar-refractivity contribution in [2.45, 2.75) is 125 Å². The third kappa shape index (κ3) is 4.36. The van der Waals surface area contributed by atoms with Crippen molar-refractivity contribution >= 4 is 11.8 Å². The molecule has 0 N–H and O–H groups in total. The number of ether oxygens (including phenoxy) is 1. The van der Waals surface area contributed by atoms with E-state index >= 15 is 0 Å². The van der Waals surface area contributed by atoms with E-state index in [9.17, 15) is 4.79 Å². The van der Waals surface area contributed by atoms with Gasteiger partial charge in [0.25, 0.3) is 0 Å². The zero-order valence-corrected chi connectivity index (χ0v) is 30.8. The number of nitrogens with zero attached hydrogens (tertiary/aromatic N) is 3. The minimum absolute atomic E-state index is 0.00349. The van der Waals surface area contributed by atoms with E-state index in [1.807, 2.05) is 24.5 Å². The lowest BCUT2D eigenvalue weighted by molar-refractivity contribution is -0.184. The molecule has 1 saturated heterocycles. The number of rotatable bonds is 4. The Kier molecular flexibility index (Phi) is 7.56. The molecule has 5 heteroatoms. The quantitative estimate of drug-likeness (QED) is 0.244. The van der Waals surface area contributed by atoms with Gasteiger partial charge in [-0.3, -0.25) is 4.79 Å². The van der Waals surface area contributed by atoms with Gasteiger partial charge < -0.3 is 9.64 Å². The summed E-state index contributed by atoms with van der Waals surface area (Å²) in [5.74, 6) is 3.75. The summed E-state index contributed by atoms with van der Waals surface area (Å²) in [5, 5.41) is 0. The molecular formula is C43H59N3O2. The zero-order chi connectivity index (χ0) is 33.7. The van der Waals surface area contributed by atoms with Gasteiger partial charge in [-0.25, -0.2) is 9.97 Å². The highest BCUT2D eigenvalue weighted by atomic mass is 16.5. The molecule has 3 saturated carbocycles. The molecule has 8 rings (SSSR count). The maximum atomic E-state index is 14.4. The fraction of sp³-hybridized carbons (Fsp3) is 0.698. The minimum atomic E-state index is -0.413. The fourth-order valence-electron chi connectivity index (χ4n) is 13.4. The third-order valence-corrected chi connectivity index (χ3v) is 16.2. The zero-order valence-electron chi connectivity index (χ0n) is 30.8. The van der Waals surface area contributed by atoms with Crippen LogP contribution in [0.25, 0.3) is 0 Å². The Labute approximate surface area is 289 Å². The number of fused-ring (bicyclic) bond motifs is 8. The van der Waals surface area contributed by atoms with Gasteiger partial charge in [0, 0.05) is 24.1 Å². The van der Waals surface area contributed by atoms with Gasteiger partial charge in [0.2, 0.25) is 0 Å². The second kappa shape index (κ2) is 11.2. The standard InChI is InChI=1S/C43H59N3O2/c1-28-17-20-43(38(47)48-26-30-13-9-8-10-14-30)22-21-41(6)32(35(43)29(28)2)15-16-34-40(5)25-31-36(39(3,4)33(40)18-19-42(34,41)7)44-27-45-37(31)46-23-11-12-24-46/h8-10,13-15,27-29,33-35H,11-12,16-26H2,1-7H3/t28-,29-,33+,34-,35-,40+,41+,42-,43-/m0/s1. The molecule has 2 heterocycles. The molecule has 5 nitrogen and oxygen atoms in total. The van der Waals surface area contributed by atoms with Crippen LogP contribution >= 0.6 is 0 Å². The normalized spacial score (nSPS) is 41.2. The molecule has 5 aliphatic carbocycles. The van der Waals surface area contributed by atoms with E-state index in [0.29, 0.717) is 30.3 Å². The summed E-state index contributed by atoms with van der Waals surface area (Å²) in [6.07, 6.45) is 15.8. The van der Waals surface area contributed by atoms with Crippen LogP contribution in [0.15, 0.2) is 48.3 Å². The number of aromatic nitrogens is 2. The van der Waals surface area contributed by atoms with Crippen molar-refractivity contribution in [2.75, 3.05) is 18.0 Å². The first-order chi connectivity index (χ1) is 22.9. The molecule has 4 fully saturated rings. The molecule has 0 unspecified atom stereocenters. The summed E-state index contributed by atoms with van der Waals surface area (Å²) in [7, 11) is 0. The summed E-state index contributed by atoms with van der Waals surface area (Å²) in [5.41, 5.74) is 5.41. The Bertz CT molecular complexity index is 1610. The van der Waals surface area contributed by atoms with Crippen molar-refractivity contribution in [1.29, 1.82) is 0 Å². The maximum Gasteiger partial charge on any atom is 0.313 e. The lowest BCUT2D eigenvalue weighted by atomic mass is 9.33. The Morgan fingerprint density at radius 3 is 2.42 bits per heavy atom. The van der Waals surface area contributed by atoms with Crippen LogP contribution in [0.2, 0.25) is 0 Å². The van der Waals surface area contributed by atoms with Crippen LogP contribution in [0.3, 0.4) is 0 Å². The van der Waals surface area contributed by atoms with E-state index in [1.165, 1.54) is 42.8 Å². The second-order valence-corrected chi connectivity index (χ2v) is 18.5. The first-order valence-electron chi connectivity index (χ1n) is 19.4. The number of hydrogen-bond acceptors (Lipinski definition) is 5. The van der Waals surface area contributed by atoms with Gasteiger partial charge >= 0.3 is 5.97 Å². The molecule has 0 radical (unpaired) electrons. The number of benzene rings is 1. The van der Waals surface area contributed by atoms with Crippen LogP contribution in [-0.4, -0.2) is 29.0 Å². The Morgan fingerprint density at radius 1 is 0.917 bits per heavy atom. The molecule has 0 amide bonds. The predicted octanol–water partition coefficient (Wildman–Crippen LogP) is 9.49. The van der Waals surface area contributed by atoms with Crippen LogP contribution in [0, 0.1) is 51.2 Å². The Morgan fingerprint density at radius 2 is 1.67 bits per heavy atom. The predicted molar refractivity (Wildman–Crippen MR) is 192 cm³/mol. The smallest absolute Gasteiger partial charge is 0.313 e. The molecule has 0 bridgehead atoms. The first kappa shape index (κ1) is 32.5. The van der Waals surface area contributed by atoms with E-state index in [0.717, 1.165) is 57.2 Å². The maximum absolute atomic E-state index is 14.4. The fourth-order valence-corrected chi connectivity index (χ4v) is 13.4. The third-order valence-electron chi connectivity index (χ3n) is 16.2. The first-order valence-corrected chi connectivity index (χ1v) is 19.4. The molecule has 1 aromatic heterocycles. The number of carbonyl (C=O) groups excluding carboxylic acids is 1. The Balaban J connectivity index is 1.18. The highest BCUT2D eigenvalue weighted by molar-refractivity contribution is 5.79. The van der Waals surface area contributed by atoms with Crippen molar-refractivity contribution in [3.63, 3.8) is 0 Å². The summed E-state index contributed by atoms with van der Waals surface area (Å²) in [6.45, 7) is 20.4. The molecule has 9 atom stereocenters. The summed E-state index contributed by atoms with van der Waals surface area (Å²) in [4.78, 5) is 27.0. The summed E-state index contributed by atoms with van der Waals surface area (Å²) in [6, 6.07) is 10.2. The number of carbonyl (C=O) groups is 1. The van der Waals surface area contributed by atoms with Gasteiger partial charge in [-0.2, -0.15) is 0 Å². The van der Waals surface area contributed by atoms with E-state index in [2.05, 4.69) is 71.6 Å². The van der Waals surface area contributed by atoms with Gasteiger partial charge in [-0.15, -0.1) is 0 Å². The van der Waals surface area contributed by atoms with Gasteiger partial charge in [0.1, 0.15) is 18.8 Å². The molecule has 258 valence electrons. The van der Waals surface area contributed by atoms with Gasteiger partial charge in [0.15, 0.2) is 0 Å². The highest BCUT2D eigenvalue weighted by Crippen LogP contribution is 2.75. The van der Waals surface area contributed by atoms with Crippen LogP contribution < -0.4 is 4.90 Å². The van der Waals surface area contributed by atoms with Crippen molar-refractivity contribution < 1.29 is 9.53 Å². The number of anilines is 1. The largest absolute Gasteiger partial charge is 0.460 e. The van der Waals surface area contributed by atoms with E-state index in [1.54, 1.807) is 5.57 Å². The lowest BCUT2D eigenvalue weighted by Gasteiger charge is -2.71. The van der Waals surface area contributed by atoms with Crippen LogP contribution in [0.1, 0.15) is 123 Å². The van der Waals surface area contributed by atoms with Crippen molar-refractivity contribution in [3.05, 3.63) is 65.1 Å².